The van der Waals surface area contributed by atoms with Gasteiger partial charge in [-0.2, -0.15) is 0 Å². The summed E-state index contributed by atoms with van der Waals surface area (Å²) in [6.45, 7) is 6.71. The number of aryl methyl sites for hydroxylation is 1. The lowest BCUT2D eigenvalue weighted by Crippen LogP contribution is -2.14. The van der Waals surface area contributed by atoms with Crippen molar-refractivity contribution in [3.05, 3.63) is 51.5 Å². The molecule has 1 unspecified atom stereocenters. The first-order chi connectivity index (χ1) is 9.05. The Morgan fingerprint density at radius 1 is 1.21 bits per heavy atom. The van der Waals surface area contributed by atoms with E-state index in [4.69, 9.17) is 4.98 Å². The minimum Gasteiger partial charge on any atom is -0.245 e. The summed E-state index contributed by atoms with van der Waals surface area (Å²) in [5.41, 5.74) is 4.41. The Morgan fingerprint density at radius 3 is 2.74 bits per heavy atom. The van der Waals surface area contributed by atoms with E-state index < -0.39 is 0 Å². The van der Waals surface area contributed by atoms with Crippen LogP contribution in [-0.2, 0) is 11.8 Å². The number of rotatable bonds is 1. The van der Waals surface area contributed by atoms with Gasteiger partial charge in [0.15, 0.2) is 0 Å². The molecule has 0 saturated heterocycles. The number of thiazole rings is 1. The van der Waals surface area contributed by atoms with Gasteiger partial charge in [-0.15, -0.1) is 11.3 Å². The van der Waals surface area contributed by atoms with E-state index in [1.165, 1.54) is 41.1 Å². The van der Waals surface area contributed by atoms with E-state index in [-0.39, 0.29) is 5.41 Å². The first kappa shape index (κ1) is 12.9. The molecule has 19 heavy (non-hydrogen) atoms. The maximum absolute atomic E-state index is 4.92. The number of aromatic nitrogens is 1. The fraction of sp³-hybridized carbons (Fsp3) is 0.471. The van der Waals surface area contributed by atoms with Crippen LogP contribution >= 0.6 is 11.3 Å². The zero-order valence-electron chi connectivity index (χ0n) is 11.9. The van der Waals surface area contributed by atoms with Gasteiger partial charge in [-0.3, -0.25) is 0 Å². The summed E-state index contributed by atoms with van der Waals surface area (Å²) in [4.78, 5) is 4.92. The van der Waals surface area contributed by atoms with Crippen LogP contribution in [0.4, 0.5) is 0 Å². The van der Waals surface area contributed by atoms with Gasteiger partial charge >= 0.3 is 0 Å². The lowest BCUT2D eigenvalue weighted by atomic mass is 9.83. The number of fused-ring (bicyclic) bond motifs is 1. The van der Waals surface area contributed by atoms with Gasteiger partial charge in [-0.05, 0) is 30.4 Å². The van der Waals surface area contributed by atoms with Crippen LogP contribution in [0, 0.1) is 0 Å². The molecule has 0 aliphatic heterocycles. The van der Waals surface area contributed by atoms with Crippen molar-refractivity contribution in [2.45, 2.75) is 51.4 Å². The molecule has 0 fully saturated rings. The molecule has 1 nitrogen and oxygen atoms in total. The SMILES string of the molecule is CC(C)(C)c1csc(C2CCCc3ccccc32)n1. The molecule has 0 spiro atoms. The molecule has 1 aliphatic rings. The molecule has 1 aromatic carbocycles. The molecule has 3 rings (SSSR count). The molecule has 0 N–H and O–H groups in total. The molecule has 1 aromatic heterocycles. The van der Waals surface area contributed by atoms with Crippen LogP contribution < -0.4 is 0 Å². The average molecular weight is 271 g/mol. The fourth-order valence-corrected chi connectivity index (χ4v) is 4.00. The minimum atomic E-state index is 0.156. The Kier molecular flexibility index (Phi) is 3.22. The van der Waals surface area contributed by atoms with Gasteiger partial charge in [0.2, 0.25) is 0 Å². The quantitative estimate of drug-likeness (QED) is 0.718. The predicted molar refractivity (Wildman–Crippen MR) is 82.0 cm³/mol. The van der Waals surface area contributed by atoms with Crippen LogP contribution in [0.2, 0.25) is 0 Å². The predicted octanol–water partition coefficient (Wildman–Crippen LogP) is 4.91. The maximum Gasteiger partial charge on any atom is 0.100 e. The molecule has 1 heterocycles. The van der Waals surface area contributed by atoms with Crippen LogP contribution in [0.25, 0.3) is 0 Å². The van der Waals surface area contributed by atoms with E-state index in [9.17, 15) is 0 Å². The third kappa shape index (κ3) is 2.46. The molecular weight excluding hydrogens is 250 g/mol. The Labute approximate surface area is 119 Å². The van der Waals surface area contributed by atoms with Gasteiger partial charge < -0.3 is 0 Å². The van der Waals surface area contributed by atoms with Crippen molar-refractivity contribution >= 4 is 11.3 Å². The highest BCUT2D eigenvalue weighted by molar-refractivity contribution is 7.09. The lowest BCUT2D eigenvalue weighted by molar-refractivity contribution is 0.562. The van der Waals surface area contributed by atoms with E-state index in [0.29, 0.717) is 5.92 Å². The summed E-state index contributed by atoms with van der Waals surface area (Å²) in [6.07, 6.45) is 3.75. The first-order valence-electron chi connectivity index (χ1n) is 7.09. The average Bonchev–Trinajstić information content (AvgIpc) is 2.87. The highest BCUT2D eigenvalue weighted by atomic mass is 32.1. The smallest absolute Gasteiger partial charge is 0.100 e. The number of benzene rings is 1. The van der Waals surface area contributed by atoms with Gasteiger partial charge in [0.25, 0.3) is 0 Å². The fourth-order valence-electron chi connectivity index (χ4n) is 2.80. The number of nitrogens with zero attached hydrogens (tertiary/aromatic N) is 1. The van der Waals surface area contributed by atoms with Gasteiger partial charge in [0, 0.05) is 16.7 Å². The van der Waals surface area contributed by atoms with Crippen molar-refractivity contribution in [3.8, 4) is 0 Å². The van der Waals surface area contributed by atoms with E-state index >= 15 is 0 Å². The van der Waals surface area contributed by atoms with Crippen molar-refractivity contribution in [1.29, 1.82) is 0 Å². The molecule has 0 amide bonds. The third-order valence-corrected chi connectivity index (χ3v) is 4.92. The molecule has 100 valence electrons. The van der Waals surface area contributed by atoms with E-state index in [0.717, 1.165) is 0 Å². The Morgan fingerprint density at radius 2 is 2.00 bits per heavy atom. The summed E-state index contributed by atoms with van der Waals surface area (Å²) in [6, 6.07) is 8.89. The van der Waals surface area contributed by atoms with Gasteiger partial charge in [-0.1, -0.05) is 45.0 Å². The third-order valence-electron chi connectivity index (χ3n) is 3.96. The second-order valence-electron chi connectivity index (χ2n) is 6.46. The highest BCUT2D eigenvalue weighted by Gasteiger charge is 2.25. The molecule has 2 aromatic rings. The second kappa shape index (κ2) is 4.75. The van der Waals surface area contributed by atoms with Crippen LogP contribution in [-0.4, -0.2) is 4.98 Å². The van der Waals surface area contributed by atoms with Crippen molar-refractivity contribution in [2.24, 2.45) is 0 Å². The number of hydrogen-bond acceptors (Lipinski definition) is 2. The van der Waals surface area contributed by atoms with Gasteiger partial charge in [-0.25, -0.2) is 4.98 Å². The van der Waals surface area contributed by atoms with Crippen molar-refractivity contribution < 1.29 is 0 Å². The normalized spacial score (nSPS) is 19.2. The van der Waals surface area contributed by atoms with E-state index in [2.05, 4.69) is 50.4 Å². The molecule has 0 radical (unpaired) electrons. The summed E-state index contributed by atoms with van der Waals surface area (Å²) >= 11 is 1.84. The van der Waals surface area contributed by atoms with Crippen molar-refractivity contribution in [3.63, 3.8) is 0 Å². The van der Waals surface area contributed by atoms with Crippen LogP contribution in [0.5, 0.6) is 0 Å². The van der Waals surface area contributed by atoms with Crippen molar-refractivity contribution in [1.82, 2.24) is 4.98 Å². The van der Waals surface area contributed by atoms with E-state index in [1.807, 2.05) is 11.3 Å². The highest BCUT2D eigenvalue weighted by Crippen LogP contribution is 2.38. The monoisotopic (exact) mass is 271 g/mol. The molecule has 1 aliphatic carbocycles. The first-order valence-corrected chi connectivity index (χ1v) is 7.97. The van der Waals surface area contributed by atoms with Gasteiger partial charge in [0.05, 0.1) is 5.69 Å². The van der Waals surface area contributed by atoms with E-state index in [1.54, 1.807) is 0 Å². The Balaban J connectivity index is 1.98. The molecular formula is C17H21NS. The Hall–Kier alpha value is -1.15. The van der Waals surface area contributed by atoms with Gasteiger partial charge in [0.1, 0.15) is 5.01 Å². The molecule has 0 saturated carbocycles. The lowest BCUT2D eigenvalue weighted by Gasteiger charge is -2.24. The Bertz CT molecular complexity index is 577. The largest absolute Gasteiger partial charge is 0.245 e. The molecule has 2 heteroatoms. The van der Waals surface area contributed by atoms with Crippen molar-refractivity contribution in [2.75, 3.05) is 0 Å². The standard InChI is InChI=1S/C17H21NS/c1-17(2,3)15-11-19-16(18-15)14-10-6-8-12-7-4-5-9-13(12)14/h4-5,7,9,11,14H,6,8,10H2,1-3H3. The van der Waals surface area contributed by atoms with Crippen LogP contribution in [0.3, 0.4) is 0 Å². The number of hydrogen-bond donors (Lipinski definition) is 0. The maximum atomic E-state index is 4.92. The second-order valence-corrected chi connectivity index (χ2v) is 7.35. The minimum absolute atomic E-state index is 0.156. The summed E-state index contributed by atoms with van der Waals surface area (Å²) in [5.74, 6) is 0.519. The van der Waals surface area contributed by atoms with Crippen LogP contribution in [0.1, 0.15) is 61.4 Å². The zero-order chi connectivity index (χ0) is 13.5. The van der Waals surface area contributed by atoms with Crippen LogP contribution in [0.15, 0.2) is 29.6 Å². The zero-order valence-corrected chi connectivity index (χ0v) is 12.8. The molecule has 0 bridgehead atoms. The summed E-state index contributed by atoms with van der Waals surface area (Å²) < 4.78 is 0. The topological polar surface area (TPSA) is 12.9 Å². The summed E-state index contributed by atoms with van der Waals surface area (Å²) in [5, 5.41) is 3.55. The molecule has 1 atom stereocenters. The summed E-state index contributed by atoms with van der Waals surface area (Å²) in [7, 11) is 0.